The number of ether oxygens (including phenoxy) is 2. The Labute approximate surface area is 153 Å². The molecule has 0 aliphatic heterocycles. The zero-order valence-electron chi connectivity index (χ0n) is 14.7. The molecule has 2 aromatic carbocycles. The van der Waals surface area contributed by atoms with Crippen molar-refractivity contribution in [1.82, 2.24) is 4.98 Å². The number of pyridine rings is 1. The highest BCUT2D eigenvalue weighted by Gasteiger charge is 2.12. The van der Waals surface area contributed by atoms with E-state index in [-0.39, 0.29) is 12.4 Å². The molecule has 3 rings (SSSR count). The topological polar surface area (TPSA) is 60.6 Å². The summed E-state index contributed by atoms with van der Waals surface area (Å²) in [5.41, 5.74) is 9.03. The minimum Gasteiger partial charge on any atom is -0.493 e. The molecule has 0 bridgehead atoms. The van der Waals surface area contributed by atoms with Crippen molar-refractivity contribution in [2.45, 2.75) is 0 Å². The summed E-state index contributed by atoms with van der Waals surface area (Å²) in [6, 6.07) is 13.8. The van der Waals surface area contributed by atoms with Gasteiger partial charge >= 0.3 is 0 Å². The highest BCUT2D eigenvalue weighted by atomic mass is 35.5. The lowest BCUT2D eigenvalue weighted by molar-refractivity contribution is 0.355. The molecule has 132 valence electrons. The quantitative estimate of drug-likeness (QED) is 0.763. The van der Waals surface area contributed by atoms with Crippen LogP contribution in [0.4, 0.5) is 11.5 Å². The number of benzene rings is 2. The number of nitrogens with zero attached hydrogens (tertiary/aromatic N) is 2. The van der Waals surface area contributed by atoms with Gasteiger partial charge in [0.15, 0.2) is 11.5 Å². The Morgan fingerprint density at radius 1 is 0.920 bits per heavy atom. The number of nitrogen functional groups attached to an aromatic ring is 1. The van der Waals surface area contributed by atoms with Gasteiger partial charge in [0.25, 0.3) is 0 Å². The van der Waals surface area contributed by atoms with Gasteiger partial charge in [-0.3, -0.25) is 0 Å². The van der Waals surface area contributed by atoms with Gasteiger partial charge in [-0.05, 0) is 30.3 Å². The number of fused-ring (bicyclic) bond motifs is 1. The maximum atomic E-state index is 6.20. The number of nitrogens with two attached hydrogens (primary N) is 1. The van der Waals surface area contributed by atoms with Crippen LogP contribution >= 0.6 is 12.4 Å². The largest absolute Gasteiger partial charge is 0.493 e. The van der Waals surface area contributed by atoms with Crippen molar-refractivity contribution < 1.29 is 9.47 Å². The van der Waals surface area contributed by atoms with E-state index < -0.39 is 0 Å². The first-order chi connectivity index (χ1) is 11.5. The molecule has 0 saturated heterocycles. The molecule has 0 radical (unpaired) electrons. The predicted octanol–water partition coefficient (Wildman–Crippen LogP) is 3.99. The lowest BCUT2D eigenvalue weighted by Crippen LogP contribution is -2.09. The van der Waals surface area contributed by atoms with Gasteiger partial charge in [-0.15, -0.1) is 12.4 Å². The standard InChI is InChI=1S/C19H21N3O2.ClH/c1-22(2)16-7-5-6-13-14(16)11-15(21-19(13)20)12-8-9-17(23-3)18(10-12)24-4;/h5-11H,1-4H3,(H2,20,21);1H. The molecule has 1 aromatic heterocycles. The van der Waals surface area contributed by atoms with E-state index in [1.165, 1.54) is 0 Å². The first-order valence-electron chi connectivity index (χ1n) is 7.64. The van der Waals surface area contributed by atoms with Gasteiger partial charge in [-0.1, -0.05) is 12.1 Å². The molecule has 2 N–H and O–H groups in total. The molecule has 0 spiro atoms. The minimum absolute atomic E-state index is 0. The van der Waals surface area contributed by atoms with Crippen LogP contribution in [0.15, 0.2) is 42.5 Å². The van der Waals surface area contributed by atoms with Crippen molar-refractivity contribution in [3.8, 4) is 22.8 Å². The average Bonchev–Trinajstić information content (AvgIpc) is 2.60. The van der Waals surface area contributed by atoms with E-state index in [1.807, 2.05) is 44.4 Å². The molecule has 0 aliphatic carbocycles. The molecule has 6 heteroatoms. The van der Waals surface area contributed by atoms with Gasteiger partial charge in [0.1, 0.15) is 5.82 Å². The summed E-state index contributed by atoms with van der Waals surface area (Å²) in [5, 5.41) is 2.02. The van der Waals surface area contributed by atoms with E-state index in [4.69, 9.17) is 15.2 Å². The number of rotatable bonds is 4. The molecule has 0 aliphatic rings. The molecular formula is C19H22ClN3O2. The maximum Gasteiger partial charge on any atom is 0.161 e. The van der Waals surface area contributed by atoms with Crippen LogP contribution in [0.2, 0.25) is 0 Å². The molecular weight excluding hydrogens is 338 g/mol. The molecule has 0 fully saturated rings. The van der Waals surface area contributed by atoms with Gasteiger partial charge in [0, 0.05) is 36.1 Å². The van der Waals surface area contributed by atoms with Crippen molar-refractivity contribution in [1.29, 1.82) is 0 Å². The van der Waals surface area contributed by atoms with Crippen LogP contribution in [0.3, 0.4) is 0 Å². The Balaban J connectivity index is 0.00000225. The van der Waals surface area contributed by atoms with Crippen LogP contribution < -0.4 is 20.1 Å². The van der Waals surface area contributed by atoms with Crippen LogP contribution in [0.25, 0.3) is 22.0 Å². The van der Waals surface area contributed by atoms with Crippen molar-refractivity contribution in [2.24, 2.45) is 0 Å². The molecule has 0 saturated carbocycles. The Morgan fingerprint density at radius 3 is 2.28 bits per heavy atom. The Hall–Kier alpha value is -2.66. The fourth-order valence-electron chi connectivity index (χ4n) is 2.82. The second kappa shape index (κ2) is 7.49. The summed E-state index contributed by atoms with van der Waals surface area (Å²) < 4.78 is 10.7. The van der Waals surface area contributed by atoms with E-state index in [0.717, 1.165) is 27.7 Å². The highest BCUT2D eigenvalue weighted by Crippen LogP contribution is 2.35. The second-order valence-corrected chi connectivity index (χ2v) is 5.73. The van der Waals surface area contributed by atoms with Gasteiger partial charge < -0.3 is 20.1 Å². The minimum atomic E-state index is 0. The zero-order valence-corrected chi connectivity index (χ0v) is 15.6. The summed E-state index contributed by atoms with van der Waals surface area (Å²) in [7, 11) is 7.27. The van der Waals surface area contributed by atoms with Crippen LogP contribution in [0, 0.1) is 0 Å². The van der Waals surface area contributed by atoms with Crippen molar-refractivity contribution in [3.63, 3.8) is 0 Å². The first kappa shape index (κ1) is 18.7. The Morgan fingerprint density at radius 2 is 1.64 bits per heavy atom. The third kappa shape index (κ3) is 3.42. The number of hydrogen-bond donors (Lipinski definition) is 1. The van der Waals surface area contributed by atoms with E-state index in [2.05, 4.69) is 22.0 Å². The van der Waals surface area contributed by atoms with Gasteiger partial charge in [0.05, 0.1) is 19.9 Å². The number of anilines is 2. The number of methoxy groups -OCH3 is 2. The Bertz CT molecular complexity index is 897. The van der Waals surface area contributed by atoms with Crippen molar-refractivity contribution >= 4 is 34.7 Å². The summed E-state index contributed by atoms with van der Waals surface area (Å²) in [4.78, 5) is 6.64. The molecule has 25 heavy (non-hydrogen) atoms. The molecule has 3 aromatic rings. The number of halogens is 1. The van der Waals surface area contributed by atoms with Gasteiger partial charge in [0.2, 0.25) is 0 Å². The third-order valence-electron chi connectivity index (χ3n) is 4.04. The van der Waals surface area contributed by atoms with Gasteiger partial charge in [-0.25, -0.2) is 4.98 Å². The van der Waals surface area contributed by atoms with E-state index in [1.54, 1.807) is 14.2 Å². The summed E-state index contributed by atoms with van der Waals surface area (Å²) in [6.07, 6.45) is 0. The molecule has 0 amide bonds. The lowest BCUT2D eigenvalue weighted by atomic mass is 10.0. The van der Waals surface area contributed by atoms with E-state index >= 15 is 0 Å². The predicted molar refractivity (Wildman–Crippen MR) is 106 cm³/mol. The van der Waals surface area contributed by atoms with Crippen LogP contribution in [0.5, 0.6) is 11.5 Å². The number of hydrogen-bond acceptors (Lipinski definition) is 5. The Kier molecular flexibility index (Phi) is 5.59. The first-order valence-corrected chi connectivity index (χ1v) is 7.64. The van der Waals surface area contributed by atoms with E-state index in [0.29, 0.717) is 17.3 Å². The SMILES string of the molecule is COc1ccc(-c2cc3c(N(C)C)cccc3c(N)n2)cc1OC.Cl. The zero-order chi connectivity index (χ0) is 17.3. The van der Waals surface area contributed by atoms with Crippen molar-refractivity contribution in [3.05, 3.63) is 42.5 Å². The summed E-state index contributed by atoms with van der Waals surface area (Å²) >= 11 is 0. The summed E-state index contributed by atoms with van der Waals surface area (Å²) in [5.74, 6) is 1.86. The van der Waals surface area contributed by atoms with E-state index in [9.17, 15) is 0 Å². The van der Waals surface area contributed by atoms with Gasteiger partial charge in [-0.2, -0.15) is 0 Å². The smallest absolute Gasteiger partial charge is 0.161 e. The molecule has 5 nitrogen and oxygen atoms in total. The third-order valence-corrected chi connectivity index (χ3v) is 4.04. The summed E-state index contributed by atoms with van der Waals surface area (Å²) in [6.45, 7) is 0. The number of aromatic nitrogens is 1. The normalized spacial score (nSPS) is 10.2. The lowest BCUT2D eigenvalue weighted by Gasteiger charge is -2.17. The van der Waals surface area contributed by atoms with Crippen LogP contribution in [0.1, 0.15) is 0 Å². The maximum absolute atomic E-state index is 6.20. The molecule has 0 unspecified atom stereocenters. The fraction of sp³-hybridized carbons (Fsp3) is 0.211. The average molecular weight is 360 g/mol. The molecule has 0 atom stereocenters. The fourth-order valence-corrected chi connectivity index (χ4v) is 2.82. The van der Waals surface area contributed by atoms with Crippen molar-refractivity contribution in [2.75, 3.05) is 38.9 Å². The monoisotopic (exact) mass is 359 g/mol. The van der Waals surface area contributed by atoms with Crippen LogP contribution in [-0.4, -0.2) is 33.3 Å². The highest BCUT2D eigenvalue weighted by molar-refractivity contribution is 6.01. The second-order valence-electron chi connectivity index (χ2n) is 5.73. The molecule has 1 heterocycles. The van der Waals surface area contributed by atoms with Crippen LogP contribution in [-0.2, 0) is 0 Å².